The quantitative estimate of drug-likeness (QED) is 0.501. The van der Waals surface area contributed by atoms with E-state index < -0.39 is 0 Å². The average molecular weight is 398 g/mol. The molecule has 30 heavy (non-hydrogen) atoms. The number of nitrogens with zero attached hydrogens (tertiary/aromatic N) is 4. The predicted molar refractivity (Wildman–Crippen MR) is 115 cm³/mol. The van der Waals surface area contributed by atoms with E-state index in [0.29, 0.717) is 28.7 Å². The molecule has 0 saturated heterocycles. The van der Waals surface area contributed by atoms with Gasteiger partial charge in [0.15, 0.2) is 11.5 Å². The molecule has 2 aromatic heterocycles. The van der Waals surface area contributed by atoms with Gasteiger partial charge in [0.05, 0.1) is 11.0 Å². The van der Waals surface area contributed by atoms with Gasteiger partial charge in [-0.25, -0.2) is 4.98 Å². The molecule has 0 fully saturated rings. The van der Waals surface area contributed by atoms with Crippen LogP contribution in [0.3, 0.4) is 0 Å². The molecule has 5 rings (SSSR count). The van der Waals surface area contributed by atoms with E-state index in [0.717, 1.165) is 16.6 Å². The van der Waals surface area contributed by atoms with Crippen LogP contribution in [0.5, 0.6) is 0 Å². The number of allylic oxidation sites excluding steroid dienone is 1. The number of H-pyrrole nitrogens is 1. The molecule has 0 spiro atoms. The van der Waals surface area contributed by atoms with Crippen molar-refractivity contribution in [2.75, 3.05) is 5.32 Å². The molecule has 0 saturated carbocycles. The number of nitrogens with one attached hydrogen (secondary N) is 2. The Kier molecular flexibility index (Phi) is 4.24. The number of carbonyl (C=O) groups is 2. The minimum Gasteiger partial charge on any atom is -0.324 e. The number of fused-ring (bicyclic) bond motifs is 2. The lowest BCUT2D eigenvalue weighted by molar-refractivity contribution is 0.0998. The Morgan fingerprint density at radius 1 is 1.17 bits per heavy atom. The highest BCUT2D eigenvalue weighted by atomic mass is 16.2. The summed E-state index contributed by atoms with van der Waals surface area (Å²) >= 11 is 0. The Balaban J connectivity index is 1.44. The molecule has 0 aliphatic carbocycles. The zero-order valence-corrected chi connectivity index (χ0v) is 16.2. The molecule has 1 aliphatic heterocycles. The van der Waals surface area contributed by atoms with Crippen LogP contribution in [0.1, 0.15) is 33.7 Å². The van der Waals surface area contributed by atoms with Gasteiger partial charge in [0.1, 0.15) is 5.52 Å². The van der Waals surface area contributed by atoms with Gasteiger partial charge in [-0.2, -0.15) is 5.10 Å². The van der Waals surface area contributed by atoms with E-state index in [1.54, 1.807) is 30.1 Å². The van der Waals surface area contributed by atoms with E-state index in [2.05, 4.69) is 25.4 Å². The summed E-state index contributed by atoms with van der Waals surface area (Å²) in [4.78, 5) is 37.3. The number of anilines is 1. The zero-order valence-electron chi connectivity index (χ0n) is 16.2. The van der Waals surface area contributed by atoms with Crippen molar-refractivity contribution in [2.45, 2.75) is 12.8 Å². The summed E-state index contributed by atoms with van der Waals surface area (Å²) in [5.41, 5.74) is 3.72. The van der Waals surface area contributed by atoms with Crippen LogP contribution in [0.15, 0.2) is 59.7 Å². The van der Waals surface area contributed by atoms with Crippen molar-refractivity contribution >= 4 is 45.3 Å². The summed E-state index contributed by atoms with van der Waals surface area (Å²) < 4.78 is 1.67. The SMILES string of the molecule is Cn1nc(C(=O)Nc2nc3c(C(=O)CC4=NC=CC4)cccc3[nH]2)c2ccccc21. The average Bonchev–Trinajstić information content (AvgIpc) is 3.47. The molecule has 1 amide bonds. The first-order valence-corrected chi connectivity index (χ1v) is 9.56. The lowest BCUT2D eigenvalue weighted by Gasteiger charge is -2.01. The van der Waals surface area contributed by atoms with Crippen LogP contribution in [0, 0.1) is 0 Å². The van der Waals surface area contributed by atoms with Crippen LogP contribution in [-0.2, 0) is 7.05 Å². The van der Waals surface area contributed by atoms with E-state index in [4.69, 9.17) is 0 Å². The fourth-order valence-corrected chi connectivity index (χ4v) is 3.66. The van der Waals surface area contributed by atoms with Crippen molar-refractivity contribution in [2.24, 2.45) is 12.0 Å². The number of benzene rings is 2. The number of amides is 1. The number of aromatic nitrogens is 4. The Hall–Kier alpha value is -4.07. The van der Waals surface area contributed by atoms with Gasteiger partial charge in [0.2, 0.25) is 5.95 Å². The molecular weight excluding hydrogens is 380 g/mol. The Morgan fingerprint density at radius 2 is 2.03 bits per heavy atom. The molecule has 148 valence electrons. The third kappa shape index (κ3) is 3.08. The molecule has 8 nitrogen and oxygen atoms in total. The molecule has 0 unspecified atom stereocenters. The monoisotopic (exact) mass is 398 g/mol. The minimum absolute atomic E-state index is 0.0526. The molecule has 8 heteroatoms. The fraction of sp³-hybridized carbons (Fsp3) is 0.136. The maximum atomic E-state index is 12.8. The zero-order chi connectivity index (χ0) is 20.7. The van der Waals surface area contributed by atoms with E-state index in [1.165, 1.54) is 0 Å². The van der Waals surface area contributed by atoms with Gasteiger partial charge in [-0.05, 0) is 18.2 Å². The van der Waals surface area contributed by atoms with E-state index in [-0.39, 0.29) is 24.1 Å². The van der Waals surface area contributed by atoms with Crippen molar-refractivity contribution < 1.29 is 9.59 Å². The fourth-order valence-electron chi connectivity index (χ4n) is 3.66. The topological polar surface area (TPSA) is 105 Å². The first kappa shape index (κ1) is 18.0. The maximum absolute atomic E-state index is 12.8. The summed E-state index contributed by atoms with van der Waals surface area (Å²) in [5.74, 6) is -0.155. The lowest BCUT2D eigenvalue weighted by atomic mass is 10.0. The number of Topliss-reactive ketones (excluding diaryl/α,β-unsaturated/α-hetero) is 1. The predicted octanol–water partition coefficient (Wildman–Crippen LogP) is 3.63. The van der Waals surface area contributed by atoms with Gasteiger partial charge in [0.25, 0.3) is 5.91 Å². The van der Waals surface area contributed by atoms with Gasteiger partial charge in [-0.3, -0.25) is 24.6 Å². The van der Waals surface area contributed by atoms with Crippen LogP contribution in [-0.4, -0.2) is 37.2 Å². The third-order valence-corrected chi connectivity index (χ3v) is 5.10. The normalized spacial score (nSPS) is 13.2. The summed E-state index contributed by atoms with van der Waals surface area (Å²) in [7, 11) is 1.79. The lowest BCUT2D eigenvalue weighted by Crippen LogP contribution is -2.14. The molecule has 3 heterocycles. The number of hydrogen-bond donors (Lipinski definition) is 2. The van der Waals surface area contributed by atoms with Crippen molar-refractivity contribution in [1.29, 1.82) is 0 Å². The van der Waals surface area contributed by atoms with Gasteiger partial charge < -0.3 is 4.98 Å². The van der Waals surface area contributed by atoms with Crippen molar-refractivity contribution in [3.63, 3.8) is 0 Å². The van der Waals surface area contributed by atoms with Gasteiger partial charge in [-0.1, -0.05) is 30.3 Å². The van der Waals surface area contributed by atoms with E-state index in [1.807, 2.05) is 36.4 Å². The number of para-hydroxylation sites is 2. The first-order chi connectivity index (χ1) is 14.6. The number of aromatic amines is 1. The van der Waals surface area contributed by atoms with Crippen molar-refractivity contribution in [3.8, 4) is 0 Å². The largest absolute Gasteiger partial charge is 0.324 e. The van der Waals surface area contributed by atoms with Crippen LogP contribution in [0.2, 0.25) is 0 Å². The Labute approximate surface area is 171 Å². The highest BCUT2D eigenvalue weighted by molar-refractivity contribution is 6.16. The number of carbonyl (C=O) groups excluding carboxylic acids is 2. The summed E-state index contributed by atoms with van der Waals surface area (Å²) in [6.07, 6.45) is 4.58. The molecule has 0 radical (unpaired) electrons. The van der Waals surface area contributed by atoms with E-state index in [9.17, 15) is 9.59 Å². The van der Waals surface area contributed by atoms with Crippen molar-refractivity contribution in [1.82, 2.24) is 19.7 Å². The number of rotatable bonds is 5. The van der Waals surface area contributed by atoms with Gasteiger partial charge >= 0.3 is 0 Å². The van der Waals surface area contributed by atoms with Gasteiger partial charge in [0, 0.05) is 42.8 Å². The number of ketones is 1. The summed E-state index contributed by atoms with van der Waals surface area (Å²) in [5, 5.41) is 7.86. The van der Waals surface area contributed by atoms with Crippen LogP contribution in [0.25, 0.3) is 21.9 Å². The maximum Gasteiger partial charge on any atom is 0.279 e. The van der Waals surface area contributed by atoms with Gasteiger partial charge in [-0.15, -0.1) is 0 Å². The smallest absolute Gasteiger partial charge is 0.279 e. The van der Waals surface area contributed by atoms with Crippen LogP contribution < -0.4 is 5.32 Å². The highest BCUT2D eigenvalue weighted by Crippen LogP contribution is 2.22. The molecule has 2 aromatic carbocycles. The third-order valence-electron chi connectivity index (χ3n) is 5.10. The van der Waals surface area contributed by atoms with Crippen LogP contribution in [0.4, 0.5) is 5.95 Å². The second kappa shape index (κ2) is 7.07. The molecule has 0 atom stereocenters. The van der Waals surface area contributed by atoms with Crippen molar-refractivity contribution in [3.05, 3.63) is 66.0 Å². The number of imidazole rings is 1. The van der Waals surface area contributed by atoms with E-state index >= 15 is 0 Å². The second-order valence-corrected chi connectivity index (χ2v) is 7.11. The van der Waals surface area contributed by atoms with Crippen LogP contribution >= 0.6 is 0 Å². The number of hydrogen-bond acceptors (Lipinski definition) is 5. The molecule has 2 N–H and O–H groups in total. The summed E-state index contributed by atoms with van der Waals surface area (Å²) in [6, 6.07) is 12.9. The first-order valence-electron chi connectivity index (χ1n) is 9.56. The molecular formula is C22H18N6O2. The molecule has 1 aliphatic rings. The number of aryl methyl sites for hydroxylation is 1. The Bertz CT molecular complexity index is 1380. The molecule has 0 bridgehead atoms. The standard InChI is InChI=1S/C22H18N6O2/c1-28-17-10-3-2-7-14(17)20(27-28)21(30)26-22-24-16-9-4-8-15(19(16)25-22)18(29)12-13-6-5-11-23-13/h2-5,7-11H,6,12H2,1H3,(H2,24,25,26,30). The number of aliphatic imine (C=N–C) groups is 1. The Morgan fingerprint density at radius 3 is 2.87 bits per heavy atom. The minimum atomic E-state index is -0.370. The molecule has 4 aromatic rings. The highest BCUT2D eigenvalue weighted by Gasteiger charge is 2.19. The summed E-state index contributed by atoms with van der Waals surface area (Å²) in [6.45, 7) is 0. The second-order valence-electron chi connectivity index (χ2n) is 7.11.